The van der Waals surface area contributed by atoms with Crippen LogP contribution in [0.1, 0.15) is 11.1 Å². The van der Waals surface area contributed by atoms with E-state index in [0.29, 0.717) is 6.07 Å². The van der Waals surface area contributed by atoms with Gasteiger partial charge in [0.05, 0.1) is 11.8 Å². The molecular weight excluding hydrogens is 256 g/mol. The summed E-state index contributed by atoms with van der Waals surface area (Å²) in [6.07, 6.45) is -4.07. The lowest BCUT2D eigenvalue weighted by molar-refractivity contribution is -0.140. The van der Waals surface area contributed by atoms with Gasteiger partial charge in [0.25, 0.3) is 0 Å². The van der Waals surface area contributed by atoms with Gasteiger partial charge in [0.2, 0.25) is 5.96 Å². The summed E-state index contributed by atoms with van der Waals surface area (Å²) in [7, 11) is 0. The molecule has 0 saturated heterocycles. The Hall–Kier alpha value is -2.32. The Balaban J connectivity index is 3.17. The highest BCUT2D eigenvalue weighted by Crippen LogP contribution is 2.35. The van der Waals surface area contributed by atoms with E-state index in [4.69, 9.17) is 11.5 Å². The Labute approximate surface area is 98.4 Å². The zero-order valence-corrected chi connectivity index (χ0v) is 8.74. The summed E-state index contributed by atoms with van der Waals surface area (Å²) in [4.78, 5) is 0. The molecule has 1 aromatic rings. The summed E-state index contributed by atoms with van der Waals surface area (Å²) in [5.41, 5.74) is 8.01. The molecule has 0 bridgehead atoms. The molecule has 0 unspecified atom stereocenters. The molecule has 0 aliphatic heterocycles. The van der Waals surface area contributed by atoms with Gasteiger partial charge in [-0.15, -0.1) is 5.10 Å². The van der Waals surface area contributed by atoms with E-state index in [9.17, 15) is 22.7 Å². The molecule has 0 spiro atoms. The van der Waals surface area contributed by atoms with Crippen LogP contribution in [0.5, 0.6) is 5.75 Å². The number of phenols is 1. The molecule has 0 atom stereocenters. The molecule has 1 aromatic carbocycles. The van der Waals surface area contributed by atoms with Gasteiger partial charge in [-0.3, -0.25) is 0 Å². The highest BCUT2D eigenvalue weighted by Gasteiger charge is 2.35. The highest BCUT2D eigenvalue weighted by molar-refractivity contribution is 5.84. The van der Waals surface area contributed by atoms with E-state index < -0.39 is 29.3 Å². The summed E-state index contributed by atoms with van der Waals surface area (Å²) in [6.45, 7) is 0. The second-order valence-electron chi connectivity index (χ2n) is 3.13. The molecule has 1 rings (SSSR count). The molecule has 0 heterocycles. The van der Waals surface area contributed by atoms with Crippen molar-refractivity contribution in [1.82, 2.24) is 0 Å². The largest absolute Gasteiger partial charge is 0.504 e. The third-order valence-corrected chi connectivity index (χ3v) is 1.82. The summed E-state index contributed by atoms with van der Waals surface area (Å²) in [5.74, 6) is -3.35. The van der Waals surface area contributed by atoms with E-state index in [1.807, 2.05) is 0 Å². The van der Waals surface area contributed by atoms with Crippen molar-refractivity contribution >= 4 is 12.2 Å². The fourth-order valence-electron chi connectivity index (χ4n) is 1.06. The van der Waals surface area contributed by atoms with Crippen LogP contribution in [0.15, 0.2) is 22.3 Å². The lowest BCUT2D eigenvalue weighted by Crippen LogP contribution is -2.21. The predicted molar refractivity (Wildman–Crippen MR) is 56.5 cm³/mol. The minimum atomic E-state index is -4.89. The number of guanidine groups is 1. The zero-order valence-electron chi connectivity index (χ0n) is 8.74. The van der Waals surface area contributed by atoms with Gasteiger partial charge < -0.3 is 16.6 Å². The van der Waals surface area contributed by atoms with Crippen LogP contribution in [0, 0.1) is 5.82 Å². The summed E-state index contributed by atoms with van der Waals surface area (Å²) < 4.78 is 50.1. The van der Waals surface area contributed by atoms with Gasteiger partial charge in [0.1, 0.15) is 0 Å². The van der Waals surface area contributed by atoms with Crippen molar-refractivity contribution in [3.05, 3.63) is 29.1 Å². The van der Waals surface area contributed by atoms with E-state index in [1.54, 1.807) is 0 Å². The van der Waals surface area contributed by atoms with Crippen molar-refractivity contribution in [3.63, 3.8) is 0 Å². The molecule has 0 radical (unpaired) electrons. The van der Waals surface area contributed by atoms with Crippen LogP contribution in [0.25, 0.3) is 0 Å². The Morgan fingerprint density at radius 1 is 1.28 bits per heavy atom. The number of alkyl halides is 3. The van der Waals surface area contributed by atoms with Crippen LogP contribution in [0.4, 0.5) is 17.6 Å². The Bertz CT molecular complexity index is 506. The van der Waals surface area contributed by atoms with E-state index in [-0.39, 0.29) is 5.56 Å². The summed E-state index contributed by atoms with van der Waals surface area (Å²) in [6, 6.07) is 1.32. The van der Waals surface area contributed by atoms with Crippen molar-refractivity contribution in [2.24, 2.45) is 21.7 Å². The van der Waals surface area contributed by atoms with Crippen LogP contribution < -0.4 is 11.5 Å². The number of benzene rings is 1. The second-order valence-corrected chi connectivity index (χ2v) is 3.13. The number of hydrogen-bond acceptors (Lipinski definition) is 3. The lowest BCUT2D eigenvalue weighted by atomic mass is 10.1. The average molecular weight is 264 g/mol. The maximum Gasteiger partial charge on any atom is 0.419 e. The van der Waals surface area contributed by atoms with Crippen LogP contribution in [-0.4, -0.2) is 17.3 Å². The normalized spacial score (nSPS) is 11.8. The second kappa shape index (κ2) is 4.90. The molecule has 0 aromatic heterocycles. The first-order chi connectivity index (χ1) is 8.23. The number of phenolic OH excluding ortho intramolecular Hbond substituents is 1. The number of hydrogen-bond donors (Lipinski definition) is 3. The third kappa shape index (κ3) is 3.09. The summed E-state index contributed by atoms with van der Waals surface area (Å²) in [5, 5.41) is 15.6. The van der Waals surface area contributed by atoms with Crippen molar-refractivity contribution in [3.8, 4) is 5.75 Å². The molecule has 0 amide bonds. The zero-order chi connectivity index (χ0) is 13.9. The van der Waals surface area contributed by atoms with Gasteiger partial charge in [-0.25, -0.2) is 4.39 Å². The molecule has 0 aliphatic carbocycles. The minimum absolute atomic E-state index is 0.287. The van der Waals surface area contributed by atoms with Gasteiger partial charge in [-0.2, -0.15) is 18.3 Å². The molecule has 0 saturated carbocycles. The molecule has 0 aliphatic rings. The molecule has 98 valence electrons. The maximum atomic E-state index is 13.2. The molecular formula is C9H8F4N4O. The Morgan fingerprint density at radius 3 is 2.39 bits per heavy atom. The van der Waals surface area contributed by atoms with Crippen LogP contribution in [-0.2, 0) is 6.18 Å². The van der Waals surface area contributed by atoms with Gasteiger partial charge in [0.15, 0.2) is 11.6 Å². The fraction of sp³-hybridized carbons (Fsp3) is 0.111. The maximum absolute atomic E-state index is 13.2. The first-order valence-corrected chi connectivity index (χ1v) is 4.44. The SMILES string of the molecule is NC(N)=NN=Cc1ccc(C(F)(F)F)c(F)c1O. The highest BCUT2D eigenvalue weighted by atomic mass is 19.4. The molecule has 9 heteroatoms. The number of nitrogens with zero attached hydrogens (tertiary/aromatic N) is 2. The first kappa shape index (κ1) is 13.7. The Morgan fingerprint density at radius 2 is 1.89 bits per heavy atom. The standard InChI is InChI=1S/C9H8F4N4O/c10-6-5(9(11,12)13)2-1-4(7(6)18)3-16-17-8(14)15/h1-3,18H,(H4,14,15,17). The van der Waals surface area contributed by atoms with Crippen molar-refractivity contribution in [1.29, 1.82) is 0 Å². The fourth-order valence-corrected chi connectivity index (χ4v) is 1.06. The number of rotatable bonds is 2. The minimum Gasteiger partial charge on any atom is -0.504 e. The van der Waals surface area contributed by atoms with Crippen LogP contribution in [0.2, 0.25) is 0 Å². The van der Waals surface area contributed by atoms with E-state index >= 15 is 0 Å². The third-order valence-electron chi connectivity index (χ3n) is 1.82. The number of nitrogens with two attached hydrogens (primary N) is 2. The van der Waals surface area contributed by atoms with Gasteiger partial charge in [-0.1, -0.05) is 0 Å². The Kier molecular flexibility index (Phi) is 3.74. The smallest absolute Gasteiger partial charge is 0.419 e. The topological polar surface area (TPSA) is 97.0 Å². The first-order valence-electron chi connectivity index (χ1n) is 4.44. The van der Waals surface area contributed by atoms with Crippen molar-refractivity contribution in [2.45, 2.75) is 6.18 Å². The van der Waals surface area contributed by atoms with Crippen LogP contribution in [0.3, 0.4) is 0 Å². The molecule has 5 N–H and O–H groups in total. The molecule has 0 fully saturated rings. The number of halogens is 4. The lowest BCUT2D eigenvalue weighted by Gasteiger charge is -2.09. The van der Waals surface area contributed by atoms with Crippen LogP contribution >= 0.6 is 0 Å². The van der Waals surface area contributed by atoms with Gasteiger partial charge >= 0.3 is 6.18 Å². The quantitative estimate of drug-likeness (QED) is 0.323. The average Bonchev–Trinajstić information content (AvgIpc) is 2.22. The van der Waals surface area contributed by atoms with Crippen molar-refractivity contribution in [2.75, 3.05) is 0 Å². The predicted octanol–water partition coefficient (Wildman–Crippen LogP) is 1.16. The number of aromatic hydroxyl groups is 1. The van der Waals surface area contributed by atoms with Crippen molar-refractivity contribution < 1.29 is 22.7 Å². The monoisotopic (exact) mass is 264 g/mol. The van der Waals surface area contributed by atoms with E-state index in [2.05, 4.69) is 10.2 Å². The molecule has 5 nitrogen and oxygen atoms in total. The summed E-state index contributed by atoms with van der Waals surface area (Å²) >= 11 is 0. The van der Waals surface area contributed by atoms with Gasteiger partial charge in [0, 0.05) is 5.56 Å². The van der Waals surface area contributed by atoms with Gasteiger partial charge in [-0.05, 0) is 12.1 Å². The van der Waals surface area contributed by atoms with E-state index in [0.717, 1.165) is 12.3 Å². The van der Waals surface area contributed by atoms with E-state index in [1.165, 1.54) is 0 Å². The molecule has 18 heavy (non-hydrogen) atoms.